The van der Waals surface area contributed by atoms with Gasteiger partial charge in [0, 0.05) is 32.8 Å². The molecule has 2 unspecified atom stereocenters. The van der Waals surface area contributed by atoms with Crippen molar-refractivity contribution in [1.29, 1.82) is 0 Å². The quantitative estimate of drug-likeness (QED) is 0.758. The Kier molecular flexibility index (Phi) is 4.42. The Balaban J connectivity index is 1.67. The molecule has 0 amide bonds. The van der Waals surface area contributed by atoms with E-state index < -0.39 is 0 Å². The van der Waals surface area contributed by atoms with Gasteiger partial charge in [-0.3, -0.25) is 0 Å². The fraction of sp³-hybridized carbons (Fsp3) is 1.00. The molecule has 0 saturated carbocycles. The van der Waals surface area contributed by atoms with E-state index in [2.05, 4.69) is 17.1 Å². The predicted octanol–water partition coefficient (Wildman–Crippen LogP) is 1.10. The number of nitrogens with one attached hydrogen (secondary N) is 1. The summed E-state index contributed by atoms with van der Waals surface area (Å²) in [4.78, 5) is 2.59. The molecule has 2 fully saturated rings. The maximum atomic E-state index is 5.66. The minimum absolute atomic E-state index is 0.552. The molecule has 2 heterocycles. The highest BCUT2D eigenvalue weighted by Crippen LogP contribution is 2.16. The molecular formula is C12H24N2O. The van der Waals surface area contributed by atoms with Crippen LogP contribution in [0.4, 0.5) is 0 Å². The molecule has 2 aliphatic heterocycles. The molecule has 2 saturated heterocycles. The lowest BCUT2D eigenvalue weighted by molar-refractivity contribution is 0.0915. The van der Waals surface area contributed by atoms with Crippen LogP contribution >= 0.6 is 0 Å². The van der Waals surface area contributed by atoms with Crippen molar-refractivity contribution in [3.8, 4) is 0 Å². The van der Waals surface area contributed by atoms with Crippen LogP contribution in [0.25, 0.3) is 0 Å². The number of ether oxygens (including phenoxy) is 1. The van der Waals surface area contributed by atoms with Crippen LogP contribution in [-0.2, 0) is 4.74 Å². The summed E-state index contributed by atoms with van der Waals surface area (Å²) in [5, 5.41) is 3.48. The summed E-state index contributed by atoms with van der Waals surface area (Å²) < 4.78 is 5.66. The van der Waals surface area contributed by atoms with E-state index in [-0.39, 0.29) is 0 Å². The lowest BCUT2D eigenvalue weighted by atomic mass is 10.1. The van der Waals surface area contributed by atoms with Crippen molar-refractivity contribution in [3.63, 3.8) is 0 Å². The van der Waals surface area contributed by atoms with E-state index in [1.54, 1.807) is 0 Å². The summed E-state index contributed by atoms with van der Waals surface area (Å²) in [6.45, 7) is 9.32. The molecule has 2 atom stereocenters. The number of nitrogens with zero attached hydrogens (tertiary/aromatic N) is 1. The van der Waals surface area contributed by atoms with Crippen molar-refractivity contribution in [3.05, 3.63) is 0 Å². The van der Waals surface area contributed by atoms with E-state index in [0.29, 0.717) is 6.10 Å². The van der Waals surface area contributed by atoms with Crippen LogP contribution < -0.4 is 5.32 Å². The lowest BCUT2D eigenvalue weighted by Crippen LogP contribution is -2.32. The van der Waals surface area contributed by atoms with Crippen molar-refractivity contribution in [2.45, 2.75) is 32.3 Å². The first-order chi connectivity index (χ1) is 7.34. The van der Waals surface area contributed by atoms with Gasteiger partial charge in [0.25, 0.3) is 0 Å². The second kappa shape index (κ2) is 5.83. The summed E-state index contributed by atoms with van der Waals surface area (Å²) in [5.41, 5.74) is 0. The largest absolute Gasteiger partial charge is 0.378 e. The van der Waals surface area contributed by atoms with Crippen LogP contribution in [-0.4, -0.2) is 50.3 Å². The number of hydrogen-bond acceptors (Lipinski definition) is 3. The molecule has 0 bridgehead atoms. The van der Waals surface area contributed by atoms with Gasteiger partial charge in [-0.25, -0.2) is 0 Å². The Morgan fingerprint density at radius 1 is 1.47 bits per heavy atom. The molecule has 88 valence electrons. The van der Waals surface area contributed by atoms with E-state index in [4.69, 9.17) is 4.74 Å². The summed E-state index contributed by atoms with van der Waals surface area (Å²) in [6, 6.07) is 0. The van der Waals surface area contributed by atoms with Gasteiger partial charge < -0.3 is 15.0 Å². The summed E-state index contributed by atoms with van der Waals surface area (Å²) in [7, 11) is 0. The maximum Gasteiger partial charge on any atom is 0.0588 e. The standard InChI is InChI=1S/C12H24N2O/c1-11-9-13-5-7-14(10-11)6-4-12-3-2-8-15-12/h11-13H,2-10H2,1H3. The molecule has 1 N–H and O–H groups in total. The smallest absolute Gasteiger partial charge is 0.0588 e. The lowest BCUT2D eigenvalue weighted by Gasteiger charge is -2.23. The van der Waals surface area contributed by atoms with Gasteiger partial charge in [-0.15, -0.1) is 0 Å². The molecule has 3 heteroatoms. The Bertz CT molecular complexity index is 180. The SMILES string of the molecule is CC1CNCCN(CCC2CCCO2)C1. The van der Waals surface area contributed by atoms with Gasteiger partial charge in [-0.2, -0.15) is 0 Å². The van der Waals surface area contributed by atoms with Crippen LogP contribution in [0.1, 0.15) is 26.2 Å². The molecule has 0 spiro atoms. The molecule has 15 heavy (non-hydrogen) atoms. The van der Waals surface area contributed by atoms with Gasteiger partial charge in [0.15, 0.2) is 0 Å². The van der Waals surface area contributed by atoms with Gasteiger partial charge in [0.1, 0.15) is 0 Å². The van der Waals surface area contributed by atoms with E-state index in [1.807, 2.05) is 0 Å². The topological polar surface area (TPSA) is 24.5 Å². The van der Waals surface area contributed by atoms with Crippen molar-refractivity contribution >= 4 is 0 Å². The first-order valence-electron chi connectivity index (χ1n) is 6.39. The molecule has 2 rings (SSSR count). The molecule has 0 aromatic carbocycles. The Hall–Kier alpha value is -0.120. The Morgan fingerprint density at radius 3 is 3.20 bits per heavy atom. The molecule has 0 radical (unpaired) electrons. The minimum atomic E-state index is 0.552. The average molecular weight is 212 g/mol. The molecule has 2 aliphatic rings. The fourth-order valence-corrected chi connectivity index (χ4v) is 2.58. The number of rotatable bonds is 3. The first-order valence-corrected chi connectivity index (χ1v) is 6.39. The summed E-state index contributed by atoms with van der Waals surface area (Å²) in [5.74, 6) is 0.789. The second-order valence-electron chi connectivity index (χ2n) is 5.03. The second-order valence-corrected chi connectivity index (χ2v) is 5.03. The Labute approximate surface area is 93.2 Å². The van der Waals surface area contributed by atoms with Crippen molar-refractivity contribution in [2.75, 3.05) is 39.3 Å². The third kappa shape index (κ3) is 3.74. The van der Waals surface area contributed by atoms with Crippen LogP contribution in [0.2, 0.25) is 0 Å². The Morgan fingerprint density at radius 2 is 2.40 bits per heavy atom. The van der Waals surface area contributed by atoms with Crippen molar-refractivity contribution < 1.29 is 4.74 Å². The fourth-order valence-electron chi connectivity index (χ4n) is 2.58. The minimum Gasteiger partial charge on any atom is -0.378 e. The van der Waals surface area contributed by atoms with Crippen LogP contribution in [0.5, 0.6) is 0 Å². The third-order valence-corrected chi connectivity index (χ3v) is 3.46. The molecule has 3 nitrogen and oxygen atoms in total. The van der Waals surface area contributed by atoms with Gasteiger partial charge in [0.05, 0.1) is 6.10 Å². The van der Waals surface area contributed by atoms with E-state index in [0.717, 1.165) is 19.1 Å². The molecule has 0 aromatic heterocycles. The maximum absolute atomic E-state index is 5.66. The normalized spacial score (nSPS) is 34.2. The molecule has 0 aliphatic carbocycles. The highest BCUT2D eigenvalue weighted by Gasteiger charge is 2.18. The highest BCUT2D eigenvalue weighted by molar-refractivity contribution is 4.73. The zero-order valence-electron chi connectivity index (χ0n) is 9.87. The monoisotopic (exact) mass is 212 g/mol. The third-order valence-electron chi connectivity index (χ3n) is 3.46. The summed E-state index contributed by atoms with van der Waals surface area (Å²) in [6.07, 6.45) is 4.33. The van der Waals surface area contributed by atoms with Gasteiger partial charge in [0.2, 0.25) is 0 Å². The average Bonchev–Trinajstić information content (AvgIpc) is 2.65. The summed E-state index contributed by atoms with van der Waals surface area (Å²) >= 11 is 0. The van der Waals surface area contributed by atoms with E-state index in [1.165, 1.54) is 45.4 Å². The van der Waals surface area contributed by atoms with Crippen LogP contribution in [0, 0.1) is 5.92 Å². The predicted molar refractivity (Wildman–Crippen MR) is 62.1 cm³/mol. The highest BCUT2D eigenvalue weighted by atomic mass is 16.5. The van der Waals surface area contributed by atoms with Gasteiger partial charge in [-0.05, 0) is 31.7 Å². The number of hydrogen-bond donors (Lipinski definition) is 1. The molecular weight excluding hydrogens is 188 g/mol. The zero-order chi connectivity index (χ0) is 10.5. The van der Waals surface area contributed by atoms with Gasteiger partial charge in [-0.1, -0.05) is 6.92 Å². The van der Waals surface area contributed by atoms with Crippen LogP contribution in [0.3, 0.4) is 0 Å². The molecule has 0 aromatic rings. The first kappa shape index (κ1) is 11.4. The van der Waals surface area contributed by atoms with Crippen molar-refractivity contribution in [2.24, 2.45) is 5.92 Å². The van der Waals surface area contributed by atoms with E-state index in [9.17, 15) is 0 Å². The van der Waals surface area contributed by atoms with Crippen molar-refractivity contribution in [1.82, 2.24) is 10.2 Å². The van der Waals surface area contributed by atoms with Gasteiger partial charge >= 0.3 is 0 Å². The van der Waals surface area contributed by atoms with Crippen LogP contribution in [0.15, 0.2) is 0 Å². The zero-order valence-corrected chi connectivity index (χ0v) is 9.87. The van der Waals surface area contributed by atoms with E-state index >= 15 is 0 Å².